The quantitative estimate of drug-likeness (QED) is 0.834. The van der Waals surface area contributed by atoms with Crippen molar-refractivity contribution in [2.45, 2.75) is 39.9 Å². The van der Waals surface area contributed by atoms with Crippen LogP contribution in [0.5, 0.6) is 0 Å². The normalized spacial score (nSPS) is 14.0. The second-order valence-corrected chi connectivity index (χ2v) is 5.62. The van der Waals surface area contributed by atoms with E-state index in [9.17, 15) is 9.59 Å². The summed E-state index contributed by atoms with van der Waals surface area (Å²) in [6.07, 6.45) is 0. The van der Waals surface area contributed by atoms with Gasteiger partial charge in [0, 0.05) is 19.2 Å². The van der Waals surface area contributed by atoms with Crippen molar-refractivity contribution in [1.82, 2.24) is 14.5 Å². The largest absolute Gasteiger partial charge is 0.396 e. The first-order valence-electron chi connectivity index (χ1n) is 7.57. The van der Waals surface area contributed by atoms with E-state index < -0.39 is 0 Å². The smallest absolute Gasteiger partial charge is 0.329 e. The third-order valence-corrected chi connectivity index (χ3v) is 4.07. The molecule has 1 aromatic heterocycles. The third kappa shape index (κ3) is 3.06. The second-order valence-electron chi connectivity index (χ2n) is 5.62. The highest BCUT2D eigenvalue weighted by atomic mass is 16.3. The Bertz CT molecular complexity index is 717. The van der Waals surface area contributed by atoms with Crippen LogP contribution in [0.4, 0.5) is 0 Å². The van der Waals surface area contributed by atoms with Crippen LogP contribution in [-0.4, -0.2) is 32.8 Å². The molecule has 1 heterocycles. The molecular weight excluding hydrogens is 282 g/mol. The number of carbonyl (C=O) groups excluding carboxylic acids is 1. The van der Waals surface area contributed by atoms with Gasteiger partial charge in [0.2, 0.25) is 5.91 Å². The Morgan fingerprint density at radius 3 is 2.36 bits per heavy atom. The molecule has 0 radical (unpaired) electrons. The first kappa shape index (κ1) is 16.3. The van der Waals surface area contributed by atoms with E-state index in [-0.39, 0.29) is 36.7 Å². The van der Waals surface area contributed by atoms with Crippen molar-refractivity contribution in [3.05, 3.63) is 34.7 Å². The number of aryl methyl sites for hydroxylation is 1. The Morgan fingerprint density at radius 2 is 1.82 bits per heavy atom. The van der Waals surface area contributed by atoms with Crippen LogP contribution in [0.1, 0.15) is 20.8 Å². The molecule has 0 aliphatic rings. The molecule has 2 unspecified atom stereocenters. The van der Waals surface area contributed by atoms with E-state index in [1.807, 2.05) is 45.0 Å². The summed E-state index contributed by atoms with van der Waals surface area (Å²) < 4.78 is 3.15. The lowest BCUT2D eigenvalue weighted by Crippen LogP contribution is -2.41. The van der Waals surface area contributed by atoms with E-state index in [1.54, 1.807) is 4.57 Å². The maximum absolute atomic E-state index is 12.4. The second kappa shape index (κ2) is 6.79. The Labute approximate surface area is 129 Å². The van der Waals surface area contributed by atoms with E-state index in [4.69, 9.17) is 5.11 Å². The Kier molecular flexibility index (Phi) is 5.03. The van der Waals surface area contributed by atoms with Crippen LogP contribution >= 0.6 is 0 Å². The fraction of sp³-hybridized carbons (Fsp3) is 0.500. The number of aromatic nitrogens is 2. The van der Waals surface area contributed by atoms with Crippen LogP contribution in [0.15, 0.2) is 29.1 Å². The summed E-state index contributed by atoms with van der Waals surface area (Å²) in [5.74, 6) is -0.258. The molecule has 22 heavy (non-hydrogen) atoms. The molecule has 2 N–H and O–H groups in total. The zero-order valence-corrected chi connectivity index (χ0v) is 13.2. The van der Waals surface area contributed by atoms with Crippen LogP contribution in [0.2, 0.25) is 0 Å². The van der Waals surface area contributed by atoms with E-state index in [2.05, 4.69) is 5.32 Å². The van der Waals surface area contributed by atoms with Gasteiger partial charge < -0.3 is 10.4 Å². The van der Waals surface area contributed by atoms with Crippen molar-refractivity contribution in [2.75, 3.05) is 6.61 Å². The van der Waals surface area contributed by atoms with Gasteiger partial charge in [-0.1, -0.05) is 19.1 Å². The standard InChI is InChI=1S/C16H23N3O3/c1-4-18-13-7-5-6-8-14(13)19(16(18)22)9-15(21)17-12(3)11(2)10-20/h5-8,11-12,20H,4,9-10H2,1-3H3,(H,17,21). The first-order valence-corrected chi connectivity index (χ1v) is 7.57. The van der Waals surface area contributed by atoms with E-state index in [1.165, 1.54) is 4.57 Å². The summed E-state index contributed by atoms with van der Waals surface area (Å²) in [5.41, 5.74) is 1.41. The average molecular weight is 305 g/mol. The Hall–Kier alpha value is -2.08. The maximum atomic E-state index is 12.4. The number of amides is 1. The zero-order valence-electron chi connectivity index (χ0n) is 13.2. The van der Waals surface area contributed by atoms with Gasteiger partial charge in [-0.15, -0.1) is 0 Å². The van der Waals surface area contributed by atoms with Crippen LogP contribution in [0, 0.1) is 5.92 Å². The number of nitrogens with one attached hydrogen (secondary N) is 1. The summed E-state index contributed by atoms with van der Waals surface area (Å²) in [4.78, 5) is 24.6. The monoisotopic (exact) mass is 305 g/mol. The Balaban J connectivity index is 2.27. The Morgan fingerprint density at radius 1 is 1.23 bits per heavy atom. The lowest BCUT2D eigenvalue weighted by atomic mass is 10.1. The molecule has 0 fully saturated rings. The van der Waals surface area contributed by atoms with Crippen molar-refractivity contribution in [2.24, 2.45) is 5.92 Å². The van der Waals surface area contributed by atoms with Crippen LogP contribution in [0.3, 0.4) is 0 Å². The number of fused-ring (bicyclic) bond motifs is 1. The van der Waals surface area contributed by atoms with E-state index >= 15 is 0 Å². The molecule has 0 aliphatic carbocycles. The van der Waals surface area contributed by atoms with Gasteiger partial charge in [0.05, 0.1) is 11.0 Å². The third-order valence-electron chi connectivity index (χ3n) is 4.07. The number of benzene rings is 1. The molecule has 1 amide bonds. The maximum Gasteiger partial charge on any atom is 0.329 e. The van der Waals surface area contributed by atoms with Gasteiger partial charge in [-0.2, -0.15) is 0 Å². The number of aliphatic hydroxyl groups is 1. The first-order chi connectivity index (χ1) is 10.5. The molecular formula is C16H23N3O3. The van der Waals surface area contributed by atoms with Gasteiger partial charge in [0.25, 0.3) is 0 Å². The molecule has 6 heteroatoms. The lowest BCUT2D eigenvalue weighted by Gasteiger charge is -2.19. The molecule has 0 saturated heterocycles. The molecule has 2 rings (SSSR count). The SMILES string of the molecule is CCn1c(=O)n(CC(=O)NC(C)C(C)CO)c2ccccc21. The molecule has 6 nitrogen and oxygen atoms in total. The molecule has 120 valence electrons. The molecule has 2 aromatic rings. The minimum Gasteiger partial charge on any atom is -0.396 e. The highest BCUT2D eigenvalue weighted by molar-refractivity contribution is 5.81. The van der Waals surface area contributed by atoms with Gasteiger partial charge in [-0.3, -0.25) is 13.9 Å². The summed E-state index contributed by atoms with van der Waals surface area (Å²) in [5, 5.41) is 11.9. The molecule has 0 spiro atoms. The number of hydrogen-bond acceptors (Lipinski definition) is 3. The van der Waals surface area contributed by atoms with Crippen molar-refractivity contribution < 1.29 is 9.90 Å². The fourth-order valence-corrected chi connectivity index (χ4v) is 2.47. The van der Waals surface area contributed by atoms with Gasteiger partial charge in [0.15, 0.2) is 0 Å². The highest BCUT2D eigenvalue weighted by Gasteiger charge is 2.17. The molecule has 1 aromatic carbocycles. The van der Waals surface area contributed by atoms with Crippen LogP contribution < -0.4 is 11.0 Å². The fourth-order valence-electron chi connectivity index (χ4n) is 2.47. The number of rotatable bonds is 6. The molecule has 0 bridgehead atoms. The minimum absolute atomic E-state index is 0.0105. The number of aliphatic hydroxyl groups excluding tert-OH is 1. The summed E-state index contributed by atoms with van der Waals surface area (Å²) in [7, 11) is 0. The van der Waals surface area contributed by atoms with Crippen LogP contribution in [0.25, 0.3) is 11.0 Å². The number of imidazole rings is 1. The van der Waals surface area contributed by atoms with Crippen molar-refractivity contribution in [3.8, 4) is 0 Å². The van der Waals surface area contributed by atoms with E-state index in [0.29, 0.717) is 6.54 Å². The highest BCUT2D eigenvalue weighted by Crippen LogP contribution is 2.12. The average Bonchev–Trinajstić information content (AvgIpc) is 2.78. The van der Waals surface area contributed by atoms with E-state index in [0.717, 1.165) is 11.0 Å². The topological polar surface area (TPSA) is 76.3 Å². The molecule has 2 atom stereocenters. The number of para-hydroxylation sites is 2. The van der Waals surface area contributed by atoms with Gasteiger partial charge >= 0.3 is 5.69 Å². The van der Waals surface area contributed by atoms with Crippen molar-refractivity contribution in [1.29, 1.82) is 0 Å². The number of hydrogen-bond donors (Lipinski definition) is 2. The van der Waals surface area contributed by atoms with Gasteiger partial charge in [0.1, 0.15) is 6.54 Å². The van der Waals surface area contributed by atoms with Crippen molar-refractivity contribution in [3.63, 3.8) is 0 Å². The van der Waals surface area contributed by atoms with Crippen molar-refractivity contribution >= 4 is 16.9 Å². The molecule has 0 saturated carbocycles. The molecule has 0 aliphatic heterocycles. The summed E-state index contributed by atoms with van der Waals surface area (Å²) in [6, 6.07) is 7.31. The minimum atomic E-state index is -0.228. The predicted octanol–water partition coefficient (Wildman–Crippen LogP) is 0.956. The summed E-state index contributed by atoms with van der Waals surface area (Å²) >= 11 is 0. The zero-order chi connectivity index (χ0) is 16.3. The lowest BCUT2D eigenvalue weighted by molar-refractivity contribution is -0.122. The van der Waals surface area contributed by atoms with Gasteiger partial charge in [-0.25, -0.2) is 4.79 Å². The summed E-state index contributed by atoms with van der Waals surface area (Å²) in [6.45, 7) is 6.16. The van der Waals surface area contributed by atoms with Gasteiger partial charge in [-0.05, 0) is 31.9 Å². The number of carbonyl (C=O) groups is 1. The number of nitrogens with zero attached hydrogens (tertiary/aromatic N) is 2. The predicted molar refractivity (Wildman–Crippen MR) is 85.7 cm³/mol. The van der Waals surface area contributed by atoms with Crippen LogP contribution in [-0.2, 0) is 17.9 Å².